The summed E-state index contributed by atoms with van der Waals surface area (Å²) in [5, 5.41) is 0.450. The minimum absolute atomic E-state index is 0.244. The minimum atomic E-state index is -1.17. The van der Waals surface area contributed by atoms with E-state index < -0.39 is 16.8 Å². The van der Waals surface area contributed by atoms with Crippen molar-refractivity contribution in [1.82, 2.24) is 9.55 Å². The molecule has 0 saturated heterocycles. The number of rotatable bonds is 2. The molecule has 7 heteroatoms. The highest BCUT2D eigenvalue weighted by atomic mass is 79.9. The first-order chi connectivity index (χ1) is 8.67. The van der Waals surface area contributed by atoms with Crippen LogP contribution in [-0.2, 0) is 10.3 Å². The van der Waals surface area contributed by atoms with Gasteiger partial charge in [-0.2, -0.15) is 0 Å². The molecule has 0 atom stereocenters. The van der Waals surface area contributed by atoms with E-state index in [0.29, 0.717) is 10.2 Å². The molecule has 1 N–H and O–H groups in total. The molecule has 0 aromatic carbocycles. The fourth-order valence-electron chi connectivity index (χ4n) is 1.85. The van der Waals surface area contributed by atoms with E-state index in [9.17, 15) is 14.4 Å². The maximum Gasteiger partial charge on any atom is 0.330 e. The Labute approximate surface area is 121 Å². The number of hydrogen-bond donors (Lipinski definition) is 1. The zero-order valence-electron chi connectivity index (χ0n) is 11.0. The fourth-order valence-corrected chi connectivity index (χ4v) is 3.45. The lowest BCUT2D eigenvalue weighted by molar-refractivity contribution is -0.124. The molecule has 0 aliphatic heterocycles. The number of carbonyl (C=O) groups is 1. The first-order valence-corrected chi connectivity index (χ1v) is 7.24. The molecule has 0 spiro atoms. The summed E-state index contributed by atoms with van der Waals surface area (Å²) in [6.07, 6.45) is 0. The van der Waals surface area contributed by atoms with Crippen LogP contribution in [0.25, 0.3) is 10.2 Å². The van der Waals surface area contributed by atoms with Gasteiger partial charge in [0, 0.05) is 0 Å². The van der Waals surface area contributed by atoms with Crippen LogP contribution < -0.4 is 11.2 Å². The quantitative estimate of drug-likeness (QED) is 0.907. The van der Waals surface area contributed by atoms with Crippen molar-refractivity contribution >= 4 is 43.3 Å². The summed E-state index contributed by atoms with van der Waals surface area (Å²) in [5.41, 5.74) is -1.39. The largest absolute Gasteiger partial charge is 0.330 e. The van der Waals surface area contributed by atoms with Gasteiger partial charge in [-0.05, 0) is 49.2 Å². The predicted octanol–water partition coefficient (Wildman–Crippen LogP) is 2.15. The molecule has 2 heterocycles. The fraction of sp³-hybridized carbons (Fsp3) is 0.417. The number of nitrogens with zero attached hydrogens (tertiary/aromatic N) is 1. The Kier molecular flexibility index (Phi) is 3.30. The van der Waals surface area contributed by atoms with Gasteiger partial charge in [0.25, 0.3) is 5.56 Å². The van der Waals surface area contributed by atoms with Crippen LogP contribution in [0.4, 0.5) is 0 Å². The van der Waals surface area contributed by atoms with E-state index in [1.165, 1.54) is 18.3 Å². The third-order valence-electron chi connectivity index (χ3n) is 3.35. The molecular formula is C12H13BrN2O3S. The van der Waals surface area contributed by atoms with Gasteiger partial charge < -0.3 is 0 Å². The molecule has 2 aromatic rings. The molecule has 0 amide bonds. The van der Waals surface area contributed by atoms with Gasteiger partial charge >= 0.3 is 5.69 Å². The van der Waals surface area contributed by atoms with Crippen molar-refractivity contribution in [1.29, 1.82) is 0 Å². The SMILES string of the molecule is CC(=O)C(C)(C)n1c(=O)[nH]c2sc(Br)c(C)c2c1=O. The van der Waals surface area contributed by atoms with Crippen LogP contribution in [0, 0.1) is 6.92 Å². The second-order valence-electron chi connectivity index (χ2n) is 4.89. The van der Waals surface area contributed by atoms with Crippen LogP contribution in [-0.4, -0.2) is 15.3 Å². The van der Waals surface area contributed by atoms with Crippen LogP contribution >= 0.6 is 27.3 Å². The molecule has 5 nitrogen and oxygen atoms in total. The first kappa shape index (κ1) is 14.2. The van der Waals surface area contributed by atoms with Crippen LogP contribution in [0.3, 0.4) is 0 Å². The number of halogens is 1. The van der Waals surface area contributed by atoms with E-state index in [1.54, 1.807) is 20.8 Å². The average Bonchev–Trinajstić information content (AvgIpc) is 2.53. The Hall–Kier alpha value is -1.21. The third kappa shape index (κ3) is 2.01. The van der Waals surface area contributed by atoms with E-state index in [0.717, 1.165) is 13.9 Å². The summed E-state index contributed by atoms with van der Waals surface area (Å²) in [5.74, 6) is -0.244. The summed E-state index contributed by atoms with van der Waals surface area (Å²) >= 11 is 4.65. The summed E-state index contributed by atoms with van der Waals surface area (Å²) in [4.78, 5) is 39.4. The lowest BCUT2D eigenvalue weighted by atomic mass is 10.00. The zero-order chi connectivity index (χ0) is 14.5. The first-order valence-electron chi connectivity index (χ1n) is 5.63. The highest BCUT2D eigenvalue weighted by molar-refractivity contribution is 9.11. The van der Waals surface area contributed by atoms with Crippen molar-refractivity contribution in [2.75, 3.05) is 0 Å². The van der Waals surface area contributed by atoms with Gasteiger partial charge in [-0.15, -0.1) is 11.3 Å². The highest BCUT2D eigenvalue weighted by Crippen LogP contribution is 2.31. The van der Waals surface area contributed by atoms with Crippen molar-refractivity contribution < 1.29 is 4.79 Å². The van der Waals surface area contributed by atoms with Gasteiger partial charge in [0.2, 0.25) is 0 Å². The average molecular weight is 345 g/mol. The highest BCUT2D eigenvalue weighted by Gasteiger charge is 2.30. The number of carbonyl (C=O) groups excluding carboxylic acids is 1. The molecule has 102 valence electrons. The van der Waals surface area contributed by atoms with Crippen molar-refractivity contribution in [2.45, 2.75) is 33.2 Å². The van der Waals surface area contributed by atoms with Crippen molar-refractivity contribution in [2.24, 2.45) is 0 Å². The number of hydrogen-bond acceptors (Lipinski definition) is 4. The number of aromatic nitrogens is 2. The monoisotopic (exact) mass is 344 g/mol. The maximum atomic E-state index is 12.5. The van der Waals surface area contributed by atoms with E-state index in [1.807, 2.05) is 0 Å². The van der Waals surface area contributed by atoms with Crippen LogP contribution in [0.1, 0.15) is 26.3 Å². The summed E-state index contributed by atoms with van der Waals surface area (Å²) in [6, 6.07) is 0. The van der Waals surface area contributed by atoms with Crippen molar-refractivity contribution in [3.63, 3.8) is 0 Å². The van der Waals surface area contributed by atoms with Gasteiger partial charge in [0.1, 0.15) is 10.4 Å². The number of aromatic amines is 1. The van der Waals surface area contributed by atoms with Gasteiger partial charge in [0.05, 0.1) is 9.17 Å². The lowest BCUT2D eigenvalue weighted by Crippen LogP contribution is -2.49. The molecule has 2 aromatic heterocycles. The number of thiophene rings is 1. The second kappa shape index (κ2) is 4.42. The standard InChI is InChI=1S/C12H13BrN2O3S/c1-5-7-9(19-8(5)13)14-11(18)15(10(7)17)12(3,4)6(2)16/h1-4H3,(H,14,18). The zero-order valence-corrected chi connectivity index (χ0v) is 13.4. The molecule has 0 unspecified atom stereocenters. The Morgan fingerprint density at radius 2 is 1.95 bits per heavy atom. The van der Waals surface area contributed by atoms with E-state index >= 15 is 0 Å². The third-order valence-corrected chi connectivity index (χ3v) is 5.43. The topological polar surface area (TPSA) is 71.9 Å². The Morgan fingerprint density at radius 3 is 2.47 bits per heavy atom. The normalized spacial score (nSPS) is 12.1. The molecule has 0 radical (unpaired) electrons. The van der Waals surface area contributed by atoms with Gasteiger partial charge in [-0.25, -0.2) is 9.36 Å². The Bertz CT molecular complexity index is 798. The van der Waals surface area contributed by atoms with E-state index in [2.05, 4.69) is 20.9 Å². The molecule has 0 fully saturated rings. The summed E-state index contributed by atoms with van der Waals surface area (Å²) < 4.78 is 1.79. The minimum Gasteiger partial charge on any atom is -0.298 e. The van der Waals surface area contributed by atoms with Gasteiger partial charge in [-0.1, -0.05) is 0 Å². The molecule has 19 heavy (non-hydrogen) atoms. The summed E-state index contributed by atoms with van der Waals surface area (Å²) in [6.45, 7) is 6.29. The van der Waals surface area contributed by atoms with Crippen LogP contribution in [0.15, 0.2) is 13.4 Å². The predicted molar refractivity (Wildman–Crippen MR) is 79.1 cm³/mol. The molecular weight excluding hydrogens is 332 g/mol. The van der Waals surface area contributed by atoms with Crippen LogP contribution in [0.5, 0.6) is 0 Å². The lowest BCUT2D eigenvalue weighted by Gasteiger charge is -2.23. The van der Waals surface area contributed by atoms with Crippen molar-refractivity contribution in [3.05, 3.63) is 30.2 Å². The van der Waals surface area contributed by atoms with E-state index in [4.69, 9.17) is 0 Å². The smallest absolute Gasteiger partial charge is 0.298 e. The van der Waals surface area contributed by atoms with Gasteiger partial charge in [0.15, 0.2) is 5.78 Å². The number of fused-ring (bicyclic) bond motifs is 1. The number of aryl methyl sites for hydroxylation is 1. The molecule has 2 rings (SSSR count). The van der Waals surface area contributed by atoms with Crippen molar-refractivity contribution in [3.8, 4) is 0 Å². The second-order valence-corrected chi connectivity index (χ2v) is 7.23. The molecule has 0 aliphatic rings. The number of H-pyrrole nitrogens is 1. The molecule has 0 bridgehead atoms. The number of Topliss-reactive ketones (excluding diaryl/α,β-unsaturated/α-hetero) is 1. The Balaban J connectivity index is 3.00. The van der Waals surface area contributed by atoms with Crippen LogP contribution in [0.2, 0.25) is 0 Å². The number of nitrogens with one attached hydrogen (secondary N) is 1. The number of ketones is 1. The molecule has 0 aliphatic carbocycles. The van der Waals surface area contributed by atoms with E-state index in [-0.39, 0.29) is 5.78 Å². The molecule has 0 saturated carbocycles. The summed E-state index contributed by atoms with van der Waals surface area (Å²) in [7, 11) is 0. The Morgan fingerprint density at radius 1 is 1.37 bits per heavy atom. The van der Waals surface area contributed by atoms with Gasteiger partial charge in [-0.3, -0.25) is 14.6 Å². The maximum absolute atomic E-state index is 12.5.